The van der Waals surface area contributed by atoms with E-state index >= 15 is 0 Å². The Morgan fingerprint density at radius 2 is 2.14 bits per heavy atom. The number of methoxy groups -OCH3 is 1. The number of hydrogen-bond acceptors (Lipinski definition) is 7. The van der Waals surface area contributed by atoms with Crippen LogP contribution in [0.25, 0.3) is 0 Å². The minimum atomic E-state index is -0.108. The molecule has 2 aliphatic rings. The van der Waals surface area contributed by atoms with Gasteiger partial charge in [0, 0.05) is 25.6 Å². The van der Waals surface area contributed by atoms with Crippen LogP contribution in [0.1, 0.15) is 26.5 Å². The van der Waals surface area contributed by atoms with E-state index in [0.717, 1.165) is 16.3 Å². The predicted octanol–water partition coefficient (Wildman–Crippen LogP) is 1.64. The molecule has 0 bridgehead atoms. The van der Waals surface area contributed by atoms with Crippen molar-refractivity contribution >= 4 is 34.0 Å². The van der Waals surface area contributed by atoms with Crippen LogP contribution in [0.3, 0.4) is 0 Å². The fourth-order valence-electron chi connectivity index (χ4n) is 3.73. The SMILES string of the molecule is COCCN1C(=O)CN(C)C(=O)c2c1sc1c2CCN(c2cccc(C#N)n2)C1. The van der Waals surface area contributed by atoms with E-state index in [1.54, 1.807) is 25.1 Å². The van der Waals surface area contributed by atoms with Crippen LogP contribution in [0.5, 0.6) is 0 Å². The van der Waals surface area contributed by atoms with Crippen LogP contribution < -0.4 is 9.80 Å². The standard InChI is InChI=1S/C20H21N5O3S/c1-23-12-17(26)25(8-9-28-2)20-18(19(23)27)14-6-7-24(11-15(14)29-20)16-5-3-4-13(10-21)22-16/h3-5H,6-9,11-12H2,1-2H3. The molecule has 0 atom stereocenters. The first-order chi connectivity index (χ1) is 14.0. The van der Waals surface area contributed by atoms with Crippen LogP contribution in [0.15, 0.2) is 18.2 Å². The zero-order valence-electron chi connectivity index (χ0n) is 16.3. The number of amides is 2. The highest BCUT2D eigenvalue weighted by atomic mass is 32.1. The Morgan fingerprint density at radius 1 is 1.31 bits per heavy atom. The molecule has 4 heterocycles. The van der Waals surface area contributed by atoms with Crippen LogP contribution >= 0.6 is 11.3 Å². The molecule has 0 N–H and O–H groups in total. The van der Waals surface area contributed by atoms with Gasteiger partial charge in [0.1, 0.15) is 29.1 Å². The van der Waals surface area contributed by atoms with Crippen molar-refractivity contribution in [2.45, 2.75) is 13.0 Å². The summed E-state index contributed by atoms with van der Waals surface area (Å²) in [6.45, 7) is 2.18. The van der Waals surface area contributed by atoms with Gasteiger partial charge in [0.2, 0.25) is 5.91 Å². The zero-order chi connectivity index (χ0) is 20.5. The number of fused-ring (bicyclic) bond motifs is 3. The summed E-state index contributed by atoms with van der Waals surface area (Å²) in [5.74, 6) is 0.536. The summed E-state index contributed by atoms with van der Waals surface area (Å²) in [7, 11) is 3.26. The van der Waals surface area contributed by atoms with Gasteiger partial charge in [-0.05, 0) is 24.1 Å². The number of nitrogens with zero attached hydrogens (tertiary/aromatic N) is 5. The first-order valence-corrected chi connectivity index (χ1v) is 10.2. The lowest BCUT2D eigenvalue weighted by Gasteiger charge is -2.28. The van der Waals surface area contributed by atoms with E-state index in [1.807, 2.05) is 12.1 Å². The molecule has 8 nitrogen and oxygen atoms in total. The minimum absolute atomic E-state index is 0.0652. The summed E-state index contributed by atoms with van der Waals surface area (Å²) in [6.07, 6.45) is 0.686. The molecule has 150 valence electrons. The molecule has 0 aromatic carbocycles. The third-order valence-corrected chi connectivity index (χ3v) is 6.45. The van der Waals surface area contributed by atoms with E-state index in [1.165, 1.54) is 16.2 Å². The summed E-state index contributed by atoms with van der Waals surface area (Å²) in [5.41, 5.74) is 2.04. The van der Waals surface area contributed by atoms with E-state index in [9.17, 15) is 9.59 Å². The lowest BCUT2D eigenvalue weighted by Crippen LogP contribution is -2.39. The lowest BCUT2D eigenvalue weighted by molar-refractivity contribution is -0.119. The first-order valence-electron chi connectivity index (χ1n) is 9.35. The fraction of sp³-hybridized carbons (Fsp3) is 0.400. The maximum absolute atomic E-state index is 13.0. The minimum Gasteiger partial charge on any atom is -0.383 e. The number of carbonyl (C=O) groups is 2. The average molecular weight is 411 g/mol. The molecule has 0 spiro atoms. The van der Waals surface area contributed by atoms with E-state index in [2.05, 4.69) is 16.0 Å². The Bertz CT molecular complexity index is 1010. The third kappa shape index (κ3) is 3.45. The van der Waals surface area contributed by atoms with Gasteiger partial charge in [0.05, 0.1) is 25.3 Å². The Morgan fingerprint density at radius 3 is 2.90 bits per heavy atom. The van der Waals surface area contributed by atoms with Crippen LogP contribution in [-0.4, -0.2) is 62.1 Å². The molecule has 2 aromatic rings. The molecule has 0 aliphatic carbocycles. The second-order valence-corrected chi connectivity index (χ2v) is 8.13. The van der Waals surface area contributed by atoms with Crippen molar-refractivity contribution in [3.8, 4) is 6.07 Å². The number of carbonyl (C=O) groups excluding carboxylic acids is 2. The molecule has 2 aliphatic heterocycles. The molecule has 4 rings (SSSR count). The van der Waals surface area contributed by atoms with E-state index < -0.39 is 0 Å². The number of likely N-dealkylation sites (N-methyl/N-ethyl adjacent to an activating group) is 1. The summed E-state index contributed by atoms with van der Waals surface area (Å²) < 4.78 is 5.17. The van der Waals surface area contributed by atoms with Crippen LogP contribution in [-0.2, 0) is 22.5 Å². The third-order valence-electron chi connectivity index (χ3n) is 5.21. The highest BCUT2D eigenvalue weighted by Crippen LogP contribution is 2.41. The van der Waals surface area contributed by atoms with Gasteiger partial charge in [-0.25, -0.2) is 4.98 Å². The van der Waals surface area contributed by atoms with E-state index in [0.29, 0.717) is 48.9 Å². The molecule has 0 unspecified atom stereocenters. The number of rotatable bonds is 4. The number of ether oxygens (including phenoxy) is 1. The van der Waals surface area contributed by atoms with Gasteiger partial charge in [-0.1, -0.05) is 6.07 Å². The van der Waals surface area contributed by atoms with Gasteiger partial charge in [0.15, 0.2) is 0 Å². The van der Waals surface area contributed by atoms with E-state index in [4.69, 9.17) is 10.00 Å². The molecular weight excluding hydrogens is 390 g/mol. The molecule has 0 fully saturated rings. The molecule has 2 amide bonds. The van der Waals surface area contributed by atoms with Gasteiger partial charge >= 0.3 is 0 Å². The second kappa shape index (κ2) is 7.81. The molecule has 9 heteroatoms. The predicted molar refractivity (Wildman–Crippen MR) is 109 cm³/mol. The molecule has 29 heavy (non-hydrogen) atoms. The van der Waals surface area contributed by atoms with Crippen molar-refractivity contribution in [2.24, 2.45) is 0 Å². The number of pyridine rings is 1. The lowest BCUT2D eigenvalue weighted by atomic mass is 10.0. The summed E-state index contributed by atoms with van der Waals surface area (Å²) >= 11 is 1.50. The van der Waals surface area contributed by atoms with Crippen molar-refractivity contribution in [1.29, 1.82) is 5.26 Å². The number of thiophene rings is 1. The van der Waals surface area contributed by atoms with Gasteiger partial charge in [-0.3, -0.25) is 14.5 Å². The number of nitriles is 1. The largest absolute Gasteiger partial charge is 0.383 e. The molecule has 0 radical (unpaired) electrons. The molecule has 0 saturated heterocycles. The number of hydrogen-bond donors (Lipinski definition) is 0. The second-order valence-electron chi connectivity index (χ2n) is 7.05. The molecule has 0 saturated carbocycles. The monoisotopic (exact) mass is 411 g/mol. The summed E-state index contributed by atoms with van der Waals surface area (Å²) in [6, 6.07) is 7.46. The van der Waals surface area contributed by atoms with Gasteiger partial charge < -0.3 is 14.5 Å². The Hall–Kier alpha value is -2.96. The Kier molecular flexibility index (Phi) is 5.22. The van der Waals surface area contributed by atoms with Crippen molar-refractivity contribution < 1.29 is 14.3 Å². The number of anilines is 2. The molecular formula is C20H21N5O3S. The van der Waals surface area contributed by atoms with Gasteiger partial charge in [-0.2, -0.15) is 5.26 Å². The Labute approximate surface area is 172 Å². The van der Waals surface area contributed by atoms with Crippen LogP contribution in [0.2, 0.25) is 0 Å². The highest BCUT2D eigenvalue weighted by Gasteiger charge is 2.36. The molecule has 2 aromatic heterocycles. The van der Waals surface area contributed by atoms with Gasteiger partial charge in [0.25, 0.3) is 5.91 Å². The number of aromatic nitrogens is 1. The fourth-order valence-corrected chi connectivity index (χ4v) is 5.13. The van der Waals surface area contributed by atoms with Crippen LogP contribution in [0, 0.1) is 11.3 Å². The smallest absolute Gasteiger partial charge is 0.257 e. The average Bonchev–Trinajstić information content (AvgIpc) is 3.07. The normalized spacial score (nSPS) is 16.4. The quantitative estimate of drug-likeness (QED) is 0.760. The van der Waals surface area contributed by atoms with E-state index in [-0.39, 0.29) is 18.4 Å². The van der Waals surface area contributed by atoms with Crippen molar-refractivity contribution in [3.63, 3.8) is 0 Å². The Balaban J connectivity index is 1.72. The summed E-state index contributed by atoms with van der Waals surface area (Å²) in [4.78, 5) is 36.5. The maximum atomic E-state index is 13.0. The first kappa shape index (κ1) is 19.4. The maximum Gasteiger partial charge on any atom is 0.257 e. The van der Waals surface area contributed by atoms with Crippen molar-refractivity contribution in [3.05, 3.63) is 39.9 Å². The topological polar surface area (TPSA) is 89.8 Å². The summed E-state index contributed by atoms with van der Waals surface area (Å²) in [5, 5.41) is 9.83. The van der Waals surface area contributed by atoms with Gasteiger partial charge in [-0.15, -0.1) is 11.3 Å². The van der Waals surface area contributed by atoms with Crippen LogP contribution in [0.4, 0.5) is 10.8 Å². The van der Waals surface area contributed by atoms with Crippen molar-refractivity contribution in [1.82, 2.24) is 9.88 Å². The van der Waals surface area contributed by atoms with Crippen molar-refractivity contribution in [2.75, 3.05) is 50.2 Å². The zero-order valence-corrected chi connectivity index (χ0v) is 17.2. The highest BCUT2D eigenvalue weighted by molar-refractivity contribution is 7.17.